The fourth-order valence-corrected chi connectivity index (χ4v) is 1.95. The topological polar surface area (TPSA) is 29.9 Å². The molecule has 0 radical (unpaired) electrons. The van der Waals surface area contributed by atoms with Gasteiger partial charge in [-0.25, -0.2) is 0 Å². The summed E-state index contributed by atoms with van der Waals surface area (Å²) in [5.41, 5.74) is 2.03. The van der Waals surface area contributed by atoms with E-state index in [0.717, 1.165) is 36.0 Å². The molecule has 0 atom stereocenters. The summed E-state index contributed by atoms with van der Waals surface area (Å²) in [5.74, 6) is 0. The normalized spacial score (nSPS) is 11.0. The molecule has 3 nitrogen and oxygen atoms in total. The molecule has 0 aliphatic carbocycles. The van der Waals surface area contributed by atoms with Crippen LogP contribution in [0.1, 0.15) is 44.5 Å². The molecule has 1 heterocycles. The lowest BCUT2D eigenvalue weighted by molar-refractivity contribution is 0.562. The molecular weight excluding hydrogens is 222 g/mol. The Balaban J connectivity index is 2.46. The molecule has 1 N–H and O–H groups in total. The molecule has 0 saturated carbocycles. The highest BCUT2D eigenvalue weighted by Crippen LogP contribution is 2.19. The molecule has 0 bridgehead atoms. The highest BCUT2D eigenvalue weighted by atomic mass is 35.5. The summed E-state index contributed by atoms with van der Waals surface area (Å²) in [6.45, 7) is 9.00. The molecule has 0 aliphatic heterocycles. The van der Waals surface area contributed by atoms with Gasteiger partial charge in [-0.2, -0.15) is 5.10 Å². The smallest absolute Gasteiger partial charge is 0.0860 e. The van der Waals surface area contributed by atoms with E-state index in [9.17, 15) is 0 Å². The molecular formula is C12H22ClN3. The summed E-state index contributed by atoms with van der Waals surface area (Å²) < 4.78 is 1.98. The van der Waals surface area contributed by atoms with Crippen molar-refractivity contribution in [3.05, 3.63) is 16.4 Å². The van der Waals surface area contributed by atoms with Gasteiger partial charge in [-0.15, -0.1) is 0 Å². The predicted molar refractivity (Wildman–Crippen MR) is 68.9 cm³/mol. The van der Waals surface area contributed by atoms with Crippen molar-refractivity contribution in [3.63, 3.8) is 0 Å². The molecule has 4 heteroatoms. The van der Waals surface area contributed by atoms with Gasteiger partial charge in [0.2, 0.25) is 0 Å². The molecule has 0 unspecified atom stereocenters. The Morgan fingerprint density at radius 2 is 2.06 bits per heavy atom. The Labute approximate surface area is 103 Å². The van der Waals surface area contributed by atoms with E-state index >= 15 is 0 Å². The van der Waals surface area contributed by atoms with Crippen molar-refractivity contribution in [2.75, 3.05) is 6.54 Å². The van der Waals surface area contributed by atoms with E-state index in [-0.39, 0.29) is 0 Å². The van der Waals surface area contributed by atoms with Crippen LogP contribution in [0.2, 0.25) is 5.02 Å². The molecule has 0 aliphatic rings. The molecule has 0 aromatic carbocycles. The van der Waals surface area contributed by atoms with E-state index in [0.29, 0.717) is 0 Å². The van der Waals surface area contributed by atoms with Crippen LogP contribution in [-0.2, 0) is 13.1 Å². The number of halogens is 1. The summed E-state index contributed by atoms with van der Waals surface area (Å²) in [6.07, 6.45) is 3.77. The number of aromatic nitrogens is 2. The first-order valence-electron chi connectivity index (χ1n) is 6.13. The van der Waals surface area contributed by atoms with Crippen LogP contribution in [0.4, 0.5) is 0 Å². The minimum atomic E-state index is 0.810. The zero-order valence-corrected chi connectivity index (χ0v) is 11.3. The number of nitrogens with one attached hydrogen (secondary N) is 1. The minimum absolute atomic E-state index is 0.810. The van der Waals surface area contributed by atoms with Gasteiger partial charge >= 0.3 is 0 Å². The van der Waals surface area contributed by atoms with Crippen molar-refractivity contribution in [2.24, 2.45) is 0 Å². The average molecular weight is 244 g/mol. The monoisotopic (exact) mass is 243 g/mol. The summed E-state index contributed by atoms with van der Waals surface area (Å²) >= 11 is 6.21. The van der Waals surface area contributed by atoms with E-state index in [2.05, 4.69) is 24.3 Å². The molecule has 1 rings (SSSR count). The van der Waals surface area contributed by atoms with Gasteiger partial charge in [0.15, 0.2) is 0 Å². The van der Waals surface area contributed by atoms with Crippen LogP contribution in [0.3, 0.4) is 0 Å². The first-order valence-corrected chi connectivity index (χ1v) is 6.51. The Morgan fingerprint density at radius 3 is 2.69 bits per heavy atom. The van der Waals surface area contributed by atoms with Crippen LogP contribution < -0.4 is 5.32 Å². The summed E-state index contributed by atoms with van der Waals surface area (Å²) in [4.78, 5) is 0. The van der Waals surface area contributed by atoms with Crippen LogP contribution in [0.25, 0.3) is 0 Å². The van der Waals surface area contributed by atoms with Crippen molar-refractivity contribution >= 4 is 11.6 Å². The SMILES string of the molecule is CCCCCNCc1c(Cl)c(C)nn1CC. The van der Waals surface area contributed by atoms with E-state index in [1.165, 1.54) is 19.3 Å². The van der Waals surface area contributed by atoms with Crippen molar-refractivity contribution in [1.29, 1.82) is 0 Å². The van der Waals surface area contributed by atoms with Crippen LogP contribution >= 0.6 is 11.6 Å². The lowest BCUT2D eigenvalue weighted by atomic mass is 10.2. The maximum atomic E-state index is 6.21. The zero-order valence-electron chi connectivity index (χ0n) is 10.5. The number of rotatable bonds is 7. The Kier molecular flexibility index (Phi) is 5.85. The number of hydrogen-bond donors (Lipinski definition) is 1. The molecule has 92 valence electrons. The van der Waals surface area contributed by atoms with Gasteiger partial charge in [0.25, 0.3) is 0 Å². The van der Waals surface area contributed by atoms with E-state index in [1.54, 1.807) is 0 Å². The summed E-state index contributed by atoms with van der Waals surface area (Å²) in [6, 6.07) is 0. The highest BCUT2D eigenvalue weighted by molar-refractivity contribution is 6.31. The second-order valence-corrected chi connectivity index (χ2v) is 4.42. The largest absolute Gasteiger partial charge is 0.311 e. The molecule has 1 aromatic heterocycles. The van der Waals surface area contributed by atoms with Crippen LogP contribution in [0.15, 0.2) is 0 Å². The Bertz CT molecular complexity index is 320. The van der Waals surface area contributed by atoms with Crippen molar-refractivity contribution in [3.8, 4) is 0 Å². The maximum absolute atomic E-state index is 6.21. The fourth-order valence-electron chi connectivity index (χ4n) is 1.74. The number of unbranched alkanes of at least 4 members (excludes halogenated alkanes) is 2. The second-order valence-electron chi connectivity index (χ2n) is 4.05. The lowest BCUT2D eigenvalue weighted by Gasteiger charge is -2.07. The van der Waals surface area contributed by atoms with Crippen LogP contribution in [0.5, 0.6) is 0 Å². The van der Waals surface area contributed by atoms with Crippen molar-refractivity contribution in [1.82, 2.24) is 15.1 Å². The van der Waals surface area contributed by atoms with Gasteiger partial charge in [-0.1, -0.05) is 31.4 Å². The first-order chi connectivity index (χ1) is 7.70. The van der Waals surface area contributed by atoms with Gasteiger partial charge < -0.3 is 5.32 Å². The van der Waals surface area contributed by atoms with Gasteiger partial charge in [0.1, 0.15) is 0 Å². The van der Waals surface area contributed by atoms with Gasteiger partial charge in [-0.3, -0.25) is 4.68 Å². The number of aryl methyl sites for hydroxylation is 2. The molecule has 16 heavy (non-hydrogen) atoms. The van der Waals surface area contributed by atoms with E-state index < -0.39 is 0 Å². The summed E-state index contributed by atoms with van der Waals surface area (Å²) in [7, 11) is 0. The molecule has 0 spiro atoms. The zero-order chi connectivity index (χ0) is 12.0. The van der Waals surface area contributed by atoms with Gasteiger partial charge in [0, 0.05) is 13.1 Å². The Morgan fingerprint density at radius 1 is 1.31 bits per heavy atom. The number of hydrogen-bond acceptors (Lipinski definition) is 2. The van der Waals surface area contributed by atoms with E-state index in [1.807, 2.05) is 11.6 Å². The van der Waals surface area contributed by atoms with Crippen LogP contribution in [-0.4, -0.2) is 16.3 Å². The predicted octanol–water partition coefficient (Wildman–Crippen LogP) is 3.14. The lowest BCUT2D eigenvalue weighted by Crippen LogP contribution is -2.18. The number of nitrogens with zero attached hydrogens (tertiary/aromatic N) is 2. The third kappa shape index (κ3) is 3.49. The molecule has 0 amide bonds. The third-order valence-electron chi connectivity index (χ3n) is 2.70. The Hall–Kier alpha value is -0.540. The van der Waals surface area contributed by atoms with Crippen molar-refractivity contribution in [2.45, 2.75) is 53.1 Å². The van der Waals surface area contributed by atoms with Gasteiger partial charge in [-0.05, 0) is 26.8 Å². The first kappa shape index (κ1) is 13.5. The average Bonchev–Trinajstić information content (AvgIpc) is 2.56. The maximum Gasteiger partial charge on any atom is 0.0860 e. The molecule has 0 saturated heterocycles. The van der Waals surface area contributed by atoms with Crippen molar-refractivity contribution < 1.29 is 0 Å². The quantitative estimate of drug-likeness (QED) is 0.746. The third-order valence-corrected chi connectivity index (χ3v) is 3.19. The fraction of sp³-hybridized carbons (Fsp3) is 0.750. The molecule has 0 fully saturated rings. The molecule has 1 aromatic rings. The highest BCUT2D eigenvalue weighted by Gasteiger charge is 2.11. The minimum Gasteiger partial charge on any atom is -0.311 e. The second kappa shape index (κ2) is 6.92. The van der Waals surface area contributed by atoms with E-state index in [4.69, 9.17) is 11.6 Å². The van der Waals surface area contributed by atoms with Gasteiger partial charge in [0.05, 0.1) is 16.4 Å². The summed E-state index contributed by atoms with van der Waals surface area (Å²) in [5, 5.41) is 8.62. The standard InChI is InChI=1S/C12H22ClN3/c1-4-6-7-8-14-9-11-12(13)10(3)15-16(11)5-2/h14H,4-9H2,1-3H3. The van der Waals surface area contributed by atoms with Crippen LogP contribution in [0, 0.1) is 6.92 Å².